The molecular weight excluding hydrogens is 212 g/mol. The second kappa shape index (κ2) is 9.86. The Morgan fingerprint density at radius 1 is 1.06 bits per heavy atom. The minimum absolute atomic E-state index is 0.0471. The van der Waals surface area contributed by atoms with Gasteiger partial charge < -0.3 is 15.3 Å². The van der Waals surface area contributed by atoms with E-state index in [1.54, 1.807) is 0 Å². The molecule has 1 fully saturated rings. The highest BCUT2D eigenvalue weighted by molar-refractivity contribution is 4.67. The number of aliphatic hydroxyl groups is 1. The molecule has 3 nitrogen and oxygen atoms in total. The molecule has 2 N–H and O–H groups in total. The minimum atomic E-state index is -0.0471. The molecule has 1 rings (SSSR count). The summed E-state index contributed by atoms with van der Waals surface area (Å²) in [4.78, 5) is 2.55. The van der Waals surface area contributed by atoms with Gasteiger partial charge in [-0.15, -0.1) is 0 Å². The van der Waals surface area contributed by atoms with E-state index >= 15 is 0 Å². The predicted molar refractivity (Wildman–Crippen MR) is 73.3 cm³/mol. The summed E-state index contributed by atoms with van der Waals surface area (Å²) in [6.07, 6.45) is 8.07. The van der Waals surface area contributed by atoms with E-state index in [1.165, 1.54) is 51.7 Å². The van der Waals surface area contributed by atoms with Crippen LogP contribution in [-0.4, -0.2) is 48.8 Å². The Labute approximate surface area is 107 Å². The molecule has 102 valence electrons. The summed E-state index contributed by atoms with van der Waals surface area (Å²) in [5.74, 6) is 0. The zero-order valence-corrected chi connectivity index (χ0v) is 11.5. The lowest BCUT2D eigenvalue weighted by Crippen LogP contribution is -2.43. The zero-order valence-electron chi connectivity index (χ0n) is 11.5. The number of nitrogens with zero attached hydrogens (tertiary/aromatic N) is 1. The highest BCUT2D eigenvalue weighted by Gasteiger charge is 2.08. The second-order valence-corrected chi connectivity index (χ2v) is 5.24. The van der Waals surface area contributed by atoms with Crippen LogP contribution in [0.25, 0.3) is 0 Å². The lowest BCUT2D eigenvalue weighted by Gasteiger charge is -2.27. The van der Waals surface area contributed by atoms with Gasteiger partial charge >= 0.3 is 0 Å². The fourth-order valence-corrected chi connectivity index (χ4v) is 2.41. The monoisotopic (exact) mass is 242 g/mol. The Morgan fingerprint density at radius 3 is 2.47 bits per heavy atom. The molecule has 1 heterocycles. The topological polar surface area (TPSA) is 35.5 Å². The standard InChI is InChI=1S/C14H30N2O/c1-2-3-7-14(17)8-5-4-6-11-16-12-9-15-10-13-16/h14-15,17H,2-13H2,1H3/t14-/m1/s1. The van der Waals surface area contributed by atoms with E-state index in [2.05, 4.69) is 17.1 Å². The van der Waals surface area contributed by atoms with Gasteiger partial charge in [0.25, 0.3) is 0 Å². The van der Waals surface area contributed by atoms with Crippen molar-refractivity contribution in [3.8, 4) is 0 Å². The molecule has 0 amide bonds. The smallest absolute Gasteiger partial charge is 0.0540 e. The Kier molecular flexibility index (Phi) is 8.67. The quantitative estimate of drug-likeness (QED) is 0.607. The normalized spacial score (nSPS) is 19.4. The van der Waals surface area contributed by atoms with E-state index in [9.17, 15) is 5.11 Å². The van der Waals surface area contributed by atoms with Gasteiger partial charge in [0.05, 0.1) is 6.10 Å². The van der Waals surface area contributed by atoms with Crippen LogP contribution >= 0.6 is 0 Å². The summed E-state index contributed by atoms with van der Waals surface area (Å²) < 4.78 is 0. The van der Waals surface area contributed by atoms with Gasteiger partial charge in [-0.1, -0.05) is 32.6 Å². The Bertz CT molecular complexity index is 170. The van der Waals surface area contributed by atoms with Crippen molar-refractivity contribution in [3.63, 3.8) is 0 Å². The molecule has 0 aromatic rings. The van der Waals surface area contributed by atoms with Gasteiger partial charge in [0, 0.05) is 26.2 Å². The molecule has 17 heavy (non-hydrogen) atoms. The molecule has 0 aromatic heterocycles. The summed E-state index contributed by atoms with van der Waals surface area (Å²) in [6.45, 7) is 8.14. The Morgan fingerprint density at radius 2 is 1.76 bits per heavy atom. The molecule has 0 saturated carbocycles. The maximum Gasteiger partial charge on any atom is 0.0540 e. The molecule has 1 aliphatic heterocycles. The summed E-state index contributed by atoms with van der Waals surface area (Å²) in [5.41, 5.74) is 0. The van der Waals surface area contributed by atoms with E-state index in [0.717, 1.165) is 25.9 Å². The van der Waals surface area contributed by atoms with Crippen molar-refractivity contribution in [2.75, 3.05) is 32.7 Å². The van der Waals surface area contributed by atoms with Crippen molar-refractivity contribution >= 4 is 0 Å². The van der Waals surface area contributed by atoms with Crippen molar-refractivity contribution < 1.29 is 5.11 Å². The number of aliphatic hydroxyl groups excluding tert-OH is 1. The van der Waals surface area contributed by atoms with Crippen LogP contribution < -0.4 is 5.32 Å². The second-order valence-electron chi connectivity index (χ2n) is 5.24. The highest BCUT2D eigenvalue weighted by Crippen LogP contribution is 2.10. The maximum absolute atomic E-state index is 9.71. The predicted octanol–water partition coefficient (Wildman–Crippen LogP) is 2.00. The fraction of sp³-hybridized carbons (Fsp3) is 1.00. The van der Waals surface area contributed by atoms with E-state index in [4.69, 9.17) is 0 Å². The molecule has 3 heteroatoms. The van der Waals surface area contributed by atoms with Gasteiger partial charge in [-0.3, -0.25) is 0 Å². The number of hydrogen-bond donors (Lipinski definition) is 2. The third kappa shape index (κ3) is 7.74. The van der Waals surface area contributed by atoms with Crippen LogP contribution in [-0.2, 0) is 0 Å². The van der Waals surface area contributed by atoms with Crippen LogP contribution in [0.2, 0.25) is 0 Å². The van der Waals surface area contributed by atoms with Crippen molar-refractivity contribution in [1.82, 2.24) is 10.2 Å². The van der Waals surface area contributed by atoms with E-state index < -0.39 is 0 Å². The van der Waals surface area contributed by atoms with Crippen molar-refractivity contribution in [3.05, 3.63) is 0 Å². The zero-order chi connectivity index (χ0) is 12.3. The lowest BCUT2D eigenvalue weighted by atomic mass is 10.1. The molecule has 1 aliphatic rings. The fourth-order valence-electron chi connectivity index (χ4n) is 2.41. The summed E-state index contributed by atoms with van der Waals surface area (Å²) >= 11 is 0. The van der Waals surface area contributed by atoms with Gasteiger partial charge in [0.2, 0.25) is 0 Å². The third-order valence-corrected chi connectivity index (χ3v) is 3.61. The number of nitrogens with one attached hydrogen (secondary N) is 1. The first-order valence-electron chi connectivity index (χ1n) is 7.44. The van der Waals surface area contributed by atoms with Crippen LogP contribution in [0.3, 0.4) is 0 Å². The highest BCUT2D eigenvalue weighted by atomic mass is 16.3. The first-order valence-corrected chi connectivity index (χ1v) is 7.44. The van der Waals surface area contributed by atoms with Gasteiger partial charge in [-0.2, -0.15) is 0 Å². The van der Waals surface area contributed by atoms with Gasteiger partial charge in [0.1, 0.15) is 0 Å². The van der Waals surface area contributed by atoms with Gasteiger partial charge in [-0.25, -0.2) is 0 Å². The number of unbranched alkanes of at least 4 members (excludes halogenated alkanes) is 3. The first-order chi connectivity index (χ1) is 8.33. The first kappa shape index (κ1) is 14.9. The summed E-state index contributed by atoms with van der Waals surface area (Å²) in [6, 6.07) is 0. The van der Waals surface area contributed by atoms with E-state index in [-0.39, 0.29) is 6.10 Å². The van der Waals surface area contributed by atoms with Crippen LogP contribution in [0, 0.1) is 0 Å². The van der Waals surface area contributed by atoms with Crippen molar-refractivity contribution in [2.24, 2.45) is 0 Å². The van der Waals surface area contributed by atoms with Crippen molar-refractivity contribution in [2.45, 2.75) is 58.0 Å². The van der Waals surface area contributed by atoms with Crippen LogP contribution in [0.15, 0.2) is 0 Å². The summed E-state index contributed by atoms with van der Waals surface area (Å²) in [7, 11) is 0. The average molecular weight is 242 g/mol. The molecule has 0 aliphatic carbocycles. The molecule has 0 spiro atoms. The molecule has 0 radical (unpaired) electrons. The lowest BCUT2D eigenvalue weighted by molar-refractivity contribution is 0.147. The summed E-state index contributed by atoms with van der Waals surface area (Å²) in [5, 5.41) is 13.1. The minimum Gasteiger partial charge on any atom is -0.393 e. The van der Waals surface area contributed by atoms with Crippen LogP contribution in [0.5, 0.6) is 0 Å². The Balaban J connectivity index is 1.86. The largest absolute Gasteiger partial charge is 0.393 e. The van der Waals surface area contributed by atoms with Gasteiger partial charge in [-0.05, 0) is 25.8 Å². The molecule has 0 aromatic carbocycles. The van der Waals surface area contributed by atoms with Gasteiger partial charge in [0.15, 0.2) is 0 Å². The Hall–Kier alpha value is -0.120. The van der Waals surface area contributed by atoms with Crippen molar-refractivity contribution in [1.29, 1.82) is 0 Å². The molecule has 1 saturated heterocycles. The average Bonchev–Trinajstić information content (AvgIpc) is 2.37. The molecule has 0 unspecified atom stereocenters. The maximum atomic E-state index is 9.71. The number of rotatable bonds is 9. The van der Waals surface area contributed by atoms with Crippen LogP contribution in [0.4, 0.5) is 0 Å². The molecular formula is C14H30N2O. The van der Waals surface area contributed by atoms with E-state index in [0.29, 0.717) is 0 Å². The third-order valence-electron chi connectivity index (χ3n) is 3.61. The SMILES string of the molecule is CCCC[C@@H](O)CCCCCN1CCNCC1. The molecule has 1 atom stereocenters. The van der Waals surface area contributed by atoms with Crippen LogP contribution in [0.1, 0.15) is 51.9 Å². The number of piperazine rings is 1. The molecule has 0 bridgehead atoms. The van der Waals surface area contributed by atoms with E-state index in [1.807, 2.05) is 0 Å². The number of hydrogen-bond acceptors (Lipinski definition) is 3.